The van der Waals surface area contributed by atoms with E-state index in [1.165, 1.54) is 6.92 Å². The van der Waals surface area contributed by atoms with Crippen LogP contribution in [0.25, 0.3) is 11.5 Å². The highest BCUT2D eigenvalue weighted by Crippen LogP contribution is 2.20. The minimum atomic E-state index is -1.81. The molecule has 1 aromatic carbocycles. The third-order valence-corrected chi connectivity index (χ3v) is 2.68. The molecule has 0 unspecified atom stereocenters. The van der Waals surface area contributed by atoms with Crippen molar-refractivity contribution in [3.63, 3.8) is 0 Å². The predicted octanol–water partition coefficient (Wildman–Crippen LogP) is 2.63. The molecule has 0 aliphatic carbocycles. The third kappa shape index (κ3) is 4.11. The minimum absolute atomic E-state index is 0.00887. The van der Waals surface area contributed by atoms with Crippen LogP contribution in [-0.4, -0.2) is 15.7 Å². The van der Waals surface area contributed by atoms with Gasteiger partial charge in [0.05, 0.1) is 6.54 Å². The van der Waals surface area contributed by atoms with E-state index in [1.54, 1.807) is 24.3 Å². The normalized spacial score (nSPS) is 10.3. The quantitative estimate of drug-likeness (QED) is 0.921. The topological polar surface area (TPSA) is 77.1 Å². The maximum absolute atomic E-state index is 12.0. The molecule has 1 amide bonds. The lowest BCUT2D eigenvalue weighted by Gasteiger charge is -2.02. The lowest BCUT2D eigenvalue weighted by molar-refractivity contribution is -0.114. The molecule has 0 saturated carbocycles. The van der Waals surface area contributed by atoms with Gasteiger partial charge in [-0.25, -0.2) is 4.79 Å². The number of anilines is 1. The standard InChI is InChI=1S/C14H13F2N3O3/c1-9(20)17-11-5-2-4-10(8-11)13-18-19(14(21)22-13)7-3-6-12(15)16/h2,4-6,8H,3,7H2,1H3,(H,17,20). The van der Waals surface area contributed by atoms with Crippen LogP contribution in [0.1, 0.15) is 13.3 Å². The van der Waals surface area contributed by atoms with Crippen molar-refractivity contribution in [3.8, 4) is 11.5 Å². The van der Waals surface area contributed by atoms with Gasteiger partial charge >= 0.3 is 5.76 Å². The lowest BCUT2D eigenvalue weighted by atomic mass is 10.2. The largest absolute Gasteiger partial charge is 0.437 e. The highest BCUT2D eigenvalue weighted by molar-refractivity contribution is 5.89. The second-order valence-corrected chi connectivity index (χ2v) is 4.44. The Hall–Kier alpha value is -2.77. The fraction of sp³-hybridized carbons (Fsp3) is 0.214. The molecular weight excluding hydrogens is 296 g/mol. The van der Waals surface area contributed by atoms with Crippen molar-refractivity contribution in [1.29, 1.82) is 0 Å². The summed E-state index contributed by atoms with van der Waals surface area (Å²) in [7, 11) is 0. The van der Waals surface area contributed by atoms with E-state index < -0.39 is 11.8 Å². The van der Waals surface area contributed by atoms with Crippen LogP contribution in [0.4, 0.5) is 14.5 Å². The van der Waals surface area contributed by atoms with Crippen LogP contribution in [0.5, 0.6) is 0 Å². The first kappa shape index (κ1) is 15.6. The van der Waals surface area contributed by atoms with Gasteiger partial charge in [-0.05, 0) is 30.7 Å². The number of benzene rings is 1. The predicted molar refractivity (Wildman–Crippen MR) is 75.4 cm³/mol. The maximum atomic E-state index is 12.0. The number of halogens is 2. The Morgan fingerprint density at radius 3 is 2.91 bits per heavy atom. The summed E-state index contributed by atoms with van der Waals surface area (Å²) in [6.45, 7) is 1.37. The minimum Gasteiger partial charge on any atom is -0.388 e. The Kier molecular flexibility index (Phi) is 4.82. The van der Waals surface area contributed by atoms with E-state index >= 15 is 0 Å². The summed E-state index contributed by atoms with van der Waals surface area (Å²) in [6.07, 6.45) is -1.13. The highest BCUT2D eigenvalue weighted by atomic mass is 19.3. The van der Waals surface area contributed by atoms with Gasteiger partial charge in [-0.1, -0.05) is 6.07 Å². The first-order valence-electron chi connectivity index (χ1n) is 6.43. The first-order chi connectivity index (χ1) is 10.5. The molecule has 0 fully saturated rings. The SMILES string of the molecule is CC(=O)Nc1cccc(-c2nn(CCC=C(F)F)c(=O)o2)c1. The van der Waals surface area contributed by atoms with E-state index in [4.69, 9.17) is 4.42 Å². The number of nitrogens with one attached hydrogen (secondary N) is 1. The van der Waals surface area contributed by atoms with Gasteiger partial charge < -0.3 is 9.73 Å². The molecule has 0 atom stereocenters. The summed E-state index contributed by atoms with van der Waals surface area (Å²) in [4.78, 5) is 22.6. The van der Waals surface area contributed by atoms with Gasteiger partial charge in [0.1, 0.15) is 0 Å². The number of aromatic nitrogens is 2. The Balaban J connectivity index is 2.21. The van der Waals surface area contributed by atoms with E-state index in [0.717, 1.165) is 4.68 Å². The van der Waals surface area contributed by atoms with Crippen LogP contribution in [0.3, 0.4) is 0 Å². The second-order valence-electron chi connectivity index (χ2n) is 4.44. The summed E-state index contributed by atoms with van der Waals surface area (Å²) >= 11 is 0. The first-order valence-corrected chi connectivity index (χ1v) is 6.43. The number of rotatable bonds is 5. The van der Waals surface area contributed by atoms with Crippen LogP contribution in [0.15, 0.2) is 45.6 Å². The molecular formula is C14H13F2N3O3. The molecule has 6 nitrogen and oxygen atoms in total. The molecule has 0 saturated heterocycles. The average Bonchev–Trinajstić information content (AvgIpc) is 2.79. The smallest absolute Gasteiger partial charge is 0.388 e. The van der Waals surface area contributed by atoms with Crippen molar-refractivity contribution < 1.29 is 18.0 Å². The number of allylic oxidation sites excluding steroid dienone is 1. The molecule has 8 heteroatoms. The van der Waals surface area contributed by atoms with Crippen LogP contribution >= 0.6 is 0 Å². The van der Waals surface area contributed by atoms with Gasteiger partial charge in [0, 0.05) is 18.2 Å². The van der Waals surface area contributed by atoms with Crippen LogP contribution in [-0.2, 0) is 11.3 Å². The molecule has 116 valence electrons. The molecule has 0 spiro atoms. The summed E-state index contributed by atoms with van der Waals surface area (Å²) in [5.41, 5.74) is 1.03. The number of amides is 1. The Bertz CT molecular complexity index is 761. The molecule has 1 N–H and O–H groups in total. The molecule has 0 bridgehead atoms. The lowest BCUT2D eigenvalue weighted by Crippen LogP contribution is -2.15. The van der Waals surface area contributed by atoms with Gasteiger partial charge in [0.2, 0.25) is 11.8 Å². The van der Waals surface area contributed by atoms with Crippen molar-refractivity contribution in [2.24, 2.45) is 0 Å². The van der Waals surface area contributed by atoms with Crippen molar-refractivity contribution in [2.75, 3.05) is 5.32 Å². The van der Waals surface area contributed by atoms with Gasteiger partial charge in [-0.15, -0.1) is 5.10 Å². The van der Waals surface area contributed by atoms with Crippen molar-refractivity contribution >= 4 is 11.6 Å². The van der Waals surface area contributed by atoms with Crippen molar-refractivity contribution in [3.05, 3.63) is 47.0 Å². The number of carbonyl (C=O) groups is 1. The van der Waals surface area contributed by atoms with E-state index in [1.807, 2.05) is 0 Å². The van der Waals surface area contributed by atoms with Gasteiger partial charge in [0.15, 0.2) is 0 Å². The highest BCUT2D eigenvalue weighted by Gasteiger charge is 2.10. The molecule has 0 radical (unpaired) electrons. The molecule has 0 aliphatic heterocycles. The van der Waals surface area contributed by atoms with Gasteiger partial charge in [-0.2, -0.15) is 13.5 Å². The monoisotopic (exact) mass is 309 g/mol. The summed E-state index contributed by atoms with van der Waals surface area (Å²) in [5, 5.41) is 6.55. The molecule has 2 rings (SSSR count). The average molecular weight is 309 g/mol. The van der Waals surface area contributed by atoms with E-state index in [9.17, 15) is 18.4 Å². The van der Waals surface area contributed by atoms with Gasteiger partial charge in [-0.3, -0.25) is 4.79 Å². The Labute approximate surface area is 124 Å². The fourth-order valence-electron chi connectivity index (χ4n) is 1.79. The Morgan fingerprint density at radius 2 is 2.23 bits per heavy atom. The van der Waals surface area contributed by atoms with Crippen LogP contribution in [0, 0.1) is 0 Å². The number of hydrogen-bond donors (Lipinski definition) is 1. The zero-order valence-corrected chi connectivity index (χ0v) is 11.7. The second kappa shape index (κ2) is 6.79. The van der Waals surface area contributed by atoms with E-state index in [-0.39, 0.29) is 24.8 Å². The number of nitrogens with zero attached hydrogens (tertiary/aromatic N) is 2. The third-order valence-electron chi connectivity index (χ3n) is 2.68. The van der Waals surface area contributed by atoms with Crippen molar-refractivity contribution in [2.45, 2.75) is 19.9 Å². The van der Waals surface area contributed by atoms with Crippen LogP contribution in [0.2, 0.25) is 0 Å². The molecule has 1 heterocycles. The Morgan fingerprint density at radius 1 is 1.45 bits per heavy atom. The number of carbonyl (C=O) groups excluding carboxylic acids is 1. The molecule has 1 aromatic heterocycles. The van der Waals surface area contributed by atoms with E-state index in [2.05, 4.69) is 10.4 Å². The van der Waals surface area contributed by atoms with Crippen molar-refractivity contribution in [1.82, 2.24) is 9.78 Å². The van der Waals surface area contributed by atoms with E-state index in [0.29, 0.717) is 17.3 Å². The molecule has 2 aromatic rings. The zero-order valence-electron chi connectivity index (χ0n) is 11.7. The molecule has 0 aliphatic rings. The number of hydrogen-bond acceptors (Lipinski definition) is 4. The number of aryl methyl sites for hydroxylation is 1. The summed E-state index contributed by atoms with van der Waals surface area (Å²) < 4.78 is 29.9. The zero-order chi connectivity index (χ0) is 16.1. The van der Waals surface area contributed by atoms with Crippen LogP contribution < -0.4 is 11.1 Å². The maximum Gasteiger partial charge on any atom is 0.437 e. The summed E-state index contributed by atoms with van der Waals surface area (Å²) in [6, 6.07) is 6.59. The summed E-state index contributed by atoms with van der Waals surface area (Å²) in [5.74, 6) is -0.904. The van der Waals surface area contributed by atoms with Gasteiger partial charge in [0.25, 0.3) is 6.08 Å². The fourth-order valence-corrected chi connectivity index (χ4v) is 1.79. The molecule has 22 heavy (non-hydrogen) atoms.